The number of aromatic carboxylic acids is 1. The maximum Gasteiger partial charge on any atom is 0.354 e. The third-order valence-corrected chi connectivity index (χ3v) is 2.77. The highest BCUT2D eigenvalue weighted by molar-refractivity contribution is 5.87. The van der Waals surface area contributed by atoms with Gasteiger partial charge in [-0.05, 0) is 24.3 Å². The summed E-state index contributed by atoms with van der Waals surface area (Å²) in [4.78, 5) is 10.9. The van der Waals surface area contributed by atoms with Gasteiger partial charge >= 0.3 is 5.97 Å². The number of ether oxygens (including phenoxy) is 2. The standard InChI is InChI=1S/C12H10N2O4/c1-14-9(12(15)16)5-8(13-14)7-2-3-10-11(4-7)18-6-17-10/h2-5H,6H2,1H3,(H,15,16). The van der Waals surface area contributed by atoms with Gasteiger partial charge in [0.2, 0.25) is 6.79 Å². The average molecular weight is 246 g/mol. The third kappa shape index (κ3) is 1.58. The molecule has 1 aliphatic heterocycles. The van der Waals surface area contributed by atoms with Crippen LogP contribution in [0.5, 0.6) is 11.5 Å². The molecule has 0 amide bonds. The Bertz CT molecular complexity index is 633. The van der Waals surface area contributed by atoms with Crippen LogP contribution >= 0.6 is 0 Å². The molecule has 1 aromatic heterocycles. The molecular weight excluding hydrogens is 236 g/mol. The van der Waals surface area contributed by atoms with Crippen molar-refractivity contribution in [3.05, 3.63) is 30.0 Å². The Kier molecular flexibility index (Phi) is 2.22. The van der Waals surface area contributed by atoms with Crippen molar-refractivity contribution in [2.75, 3.05) is 6.79 Å². The van der Waals surface area contributed by atoms with Crippen LogP contribution in [0, 0.1) is 0 Å². The Morgan fingerprint density at radius 1 is 1.33 bits per heavy atom. The largest absolute Gasteiger partial charge is 0.477 e. The molecule has 2 heterocycles. The fourth-order valence-corrected chi connectivity index (χ4v) is 1.86. The van der Waals surface area contributed by atoms with Crippen LogP contribution in [0.25, 0.3) is 11.3 Å². The first-order valence-corrected chi connectivity index (χ1v) is 5.32. The van der Waals surface area contributed by atoms with E-state index in [1.807, 2.05) is 6.07 Å². The molecule has 2 aromatic rings. The fourth-order valence-electron chi connectivity index (χ4n) is 1.86. The molecule has 6 heteroatoms. The number of hydrogen-bond acceptors (Lipinski definition) is 4. The number of benzene rings is 1. The van der Waals surface area contributed by atoms with Crippen LogP contribution < -0.4 is 9.47 Å². The Labute approximate surface area is 102 Å². The minimum absolute atomic E-state index is 0.141. The monoisotopic (exact) mass is 246 g/mol. The zero-order chi connectivity index (χ0) is 12.7. The highest BCUT2D eigenvalue weighted by Gasteiger charge is 2.17. The molecule has 18 heavy (non-hydrogen) atoms. The van der Waals surface area contributed by atoms with E-state index < -0.39 is 5.97 Å². The second-order valence-corrected chi connectivity index (χ2v) is 3.91. The predicted octanol–water partition coefficient (Wildman–Crippen LogP) is 1.51. The number of rotatable bonds is 2. The third-order valence-electron chi connectivity index (χ3n) is 2.77. The molecule has 6 nitrogen and oxygen atoms in total. The topological polar surface area (TPSA) is 73.6 Å². The van der Waals surface area contributed by atoms with E-state index in [2.05, 4.69) is 5.10 Å². The number of aryl methyl sites for hydroxylation is 1. The summed E-state index contributed by atoms with van der Waals surface area (Å²) in [5, 5.41) is 13.1. The summed E-state index contributed by atoms with van der Waals surface area (Å²) in [5.41, 5.74) is 1.53. The zero-order valence-corrected chi connectivity index (χ0v) is 9.58. The summed E-state index contributed by atoms with van der Waals surface area (Å²) in [7, 11) is 1.60. The minimum Gasteiger partial charge on any atom is -0.477 e. The van der Waals surface area contributed by atoms with E-state index in [1.165, 1.54) is 10.7 Å². The van der Waals surface area contributed by atoms with Gasteiger partial charge in [-0.25, -0.2) is 4.79 Å². The molecule has 1 aromatic carbocycles. The molecule has 0 spiro atoms. The molecule has 0 saturated carbocycles. The van der Waals surface area contributed by atoms with Gasteiger partial charge in [-0.15, -0.1) is 0 Å². The van der Waals surface area contributed by atoms with Crippen LogP contribution in [0.3, 0.4) is 0 Å². The maximum atomic E-state index is 10.9. The normalized spacial score (nSPS) is 12.7. The number of aromatic nitrogens is 2. The Hall–Kier alpha value is -2.50. The van der Waals surface area contributed by atoms with Crippen LogP contribution in [-0.2, 0) is 7.05 Å². The van der Waals surface area contributed by atoms with Gasteiger partial charge in [0.15, 0.2) is 11.5 Å². The molecule has 0 aliphatic carbocycles. The highest BCUT2D eigenvalue weighted by atomic mass is 16.7. The quantitative estimate of drug-likeness (QED) is 0.869. The molecule has 0 saturated heterocycles. The molecule has 0 atom stereocenters. The van der Waals surface area contributed by atoms with Gasteiger partial charge in [0.25, 0.3) is 0 Å². The first-order chi connectivity index (χ1) is 8.65. The predicted molar refractivity (Wildman–Crippen MR) is 61.7 cm³/mol. The van der Waals surface area contributed by atoms with Crippen molar-refractivity contribution in [2.24, 2.45) is 7.05 Å². The van der Waals surface area contributed by atoms with E-state index in [4.69, 9.17) is 14.6 Å². The van der Waals surface area contributed by atoms with Crippen molar-refractivity contribution in [3.63, 3.8) is 0 Å². The van der Waals surface area contributed by atoms with E-state index in [9.17, 15) is 4.79 Å². The number of nitrogens with zero attached hydrogens (tertiary/aromatic N) is 2. The van der Waals surface area contributed by atoms with Gasteiger partial charge in [0.1, 0.15) is 5.69 Å². The zero-order valence-electron chi connectivity index (χ0n) is 9.58. The molecule has 3 rings (SSSR count). The lowest BCUT2D eigenvalue weighted by molar-refractivity contribution is 0.0685. The number of carboxylic acids is 1. The second-order valence-electron chi connectivity index (χ2n) is 3.91. The summed E-state index contributed by atoms with van der Waals surface area (Å²) in [6, 6.07) is 6.92. The van der Waals surface area contributed by atoms with Crippen LogP contribution in [0.15, 0.2) is 24.3 Å². The molecule has 0 bridgehead atoms. The number of fused-ring (bicyclic) bond motifs is 1. The van der Waals surface area contributed by atoms with Gasteiger partial charge < -0.3 is 14.6 Å². The first-order valence-electron chi connectivity index (χ1n) is 5.32. The maximum absolute atomic E-state index is 10.9. The summed E-state index contributed by atoms with van der Waals surface area (Å²) in [6.45, 7) is 0.210. The van der Waals surface area contributed by atoms with Crippen LogP contribution in [-0.4, -0.2) is 27.6 Å². The van der Waals surface area contributed by atoms with E-state index in [0.29, 0.717) is 17.2 Å². The second kappa shape index (κ2) is 3.76. The van der Waals surface area contributed by atoms with Crippen molar-refractivity contribution in [3.8, 4) is 22.8 Å². The molecule has 0 radical (unpaired) electrons. The van der Waals surface area contributed by atoms with Crippen LogP contribution in [0.4, 0.5) is 0 Å². The summed E-state index contributed by atoms with van der Waals surface area (Å²) >= 11 is 0. The Balaban J connectivity index is 2.05. The summed E-state index contributed by atoms with van der Waals surface area (Å²) in [6.07, 6.45) is 0. The van der Waals surface area contributed by atoms with E-state index >= 15 is 0 Å². The van der Waals surface area contributed by atoms with Crippen LogP contribution in [0.2, 0.25) is 0 Å². The molecule has 0 fully saturated rings. The Morgan fingerprint density at radius 3 is 2.83 bits per heavy atom. The lowest BCUT2D eigenvalue weighted by atomic mass is 10.1. The van der Waals surface area contributed by atoms with E-state index in [1.54, 1.807) is 19.2 Å². The fraction of sp³-hybridized carbons (Fsp3) is 0.167. The first kappa shape index (κ1) is 10.6. The van der Waals surface area contributed by atoms with E-state index in [0.717, 1.165) is 5.56 Å². The summed E-state index contributed by atoms with van der Waals surface area (Å²) in [5.74, 6) is 0.333. The minimum atomic E-state index is -1.00. The number of carbonyl (C=O) groups is 1. The molecule has 0 unspecified atom stereocenters. The van der Waals surface area contributed by atoms with Crippen molar-refractivity contribution in [1.82, 2.24) is 9.78 Å². The smallest absolute Gasteiger partial charge is 0.354 e. The summed E-state index contributed by atoms with van der Waals surface area (Å²) < 4.78 is 11.8. The average Bonchev–Trinajstić information content (AvgIpc) is 2.93. The van der Waals surface area contributed by atoms with Crippen molar-refractivity contribution < 1.29 is 19.4 Å². The molecular formula is C12H10N2O4. The SMILES string of the molecule is Cn1nc(-c2ccc3c(c2)OCO3)cc1C(=O)O. The van der Waals surface area contributed by atoms with Crippen LogP contribution in [0.1, 0.15) is 10.5 Å². The lowest BCUT2D eigenvalue weighted by Gasteiger charge is -1.99. The van der Waals surface area contributed by atoms with E-state index in [-0.39, 0.29) is 12.5 Å². The molecule has 1 aliphatic rings. The van der Waals surface area contributed by atoms with Crippen molar-refractivity contribution >= 4 is 5.97 Å². The lowest BCUT2D eigenvalue weighted by Crippen LogP contribution is -2.04. The Morgan fingerprint density at radius 2 is 2.11 bits per heavy atom. The number of carboxylic acid groups (broad SMARTS) is 1. The molecule has 1 N–H and O–H groups in total. The van der Waals surface area contributed by atoms with Gasteiger partial charge in [-0.2, -0.15) is 5.10 Å². The van der Waals surface area contributed by atoms with Gasteiger partial charge in [-0.1, -0.05) is 0 Å². The van der Waals surface area contributed by atoms with Crippen molar-refractivity contribution in [1.29, 1.82) is 0 Å². The number of hydrogen-bond donors (Lipinski definition) is 1. The van der Waals surface area contributed by atoms with Gasteiger partial charge in [-0.3, -0.25) is 4.68 Å². The molecule has 92 valence electrons. The van der Waals surface area contributed by atoms with Crippen molar-refractivity contribution in [2.45, 2.75) is 0 Å². The van der Waals surface area contributed by atoms with Gasteiger partial charge in [0, 0.05) is 12.6 Å². The highest BCUT2D eigenvalue weighted by Crippen LogP contribution is 2.35. The van der Waals surface area contributed by atoms with Gasteiger partial charge in [0.05, 0.1) is 5.69 Å².